The molecule has 3 rings (SSSR count). The van der Waals surface area contributed by atoms with E-state index in [0.717, 1.165) is 18.4 Å². The zero-order chi connectivity index (χ0) is 32.5. The summed E-state index contributed by atoms with van der Waals surface area (Å²) in [4.78, 5) is 56.4. The first kappa shape index (κ1) is 35.0. The Kier molecular flexibility index (Phi) is 12.3. The van der Waals surface area contributed by atoms with Crippen LogP contribution in [0, 0.1) is 0 Å². The molecule has 2 aromatic carbocycles. The Bertz CT molecular complexity index is 1260. The molecule has 2 aromatic rings. The Balaban J connectivity index is 1.98. The molecule has 1 aliphatic rings. The lowest BCUT2D eigenvalue weighted by Gasteiger charge is -2.35. The van der Waals surface area contributed by atoms with Crippen molar-refractivity contribution in [2.75, 3.05) is 12.0 Å². The van der Waals surface area contributed by atoms with Crippen LogP contribution >= 0.6 is 11.8 Å². The maximum Gasteiger partial charge on any atom is 0.408 e. The van der Waals surface area contributed by atoms with Crippen molar-refractivity contribution in [3.8, 4) is 0 Å². The van der Waals surface area contributed by atoms with Crippen LogP contribution in [0.4, 0.5) is 4.79 Å². The molecule has 3 amide bonds. The maximum absolute atomic E-state index is 14.3. The minimum Gasteiger partial charge on any atom is -0.458 e. The average Bonchev–Trinajstić information content (AvgIpc) is 3.77. The van der Waals surface area contributed by atoms with E-state index in [1.807, 2.05) is 54.8 Å². The van der Waals surface area contributed by atoms with Crippen LogP contribution in [0.1, 0.15) is 78.0 Å². The van der Waals surface area contributed by atoms with E-state index in [4.69, 9.17) is 9.47 Å². The Morgan fingerprint density at radius 1 is 0.841 bits per heavy atom. The molecule has 240 valence electrons. The Morgan fingerprint density at radius 2 is 1.41 bits per heavy atom. The largest absolute Gasteiger partial charge is 0.458 e. The Hall–Kier alpha value is -3.53. The third-order valence-corrected chi connectivity index (χ3v) is 7.37. The number of hydrogen-bond donors (Lipinski definition) is 2. The number of alkyl carbamates (subject to hydrolysis) is 1. The normalized spacial score (nSPS) is 15.3. The molecule has 10 heteroatoms. The highest BCUT2D eigenvalue weighted by Gasteiger charge is 2.44. The molecule has 0 saturated heterocycles. The second-order valence-electron chi connectivity index (χ2n) is 13.1. The van der Waals surface area contributed by atoms with Crippen LogP contribution in [0.15, 0.2) is 60.7 Å². The topological polar surface area (TPSA) is 114 Å². The van der Waals surface area contributed by atoms with Crippen LogP contribution in [-0.4, -0.2) is 70.1 Å². The molecule has 3 unspecified atom stereocenters. The van der Waals surface area contributed by atoms with Gasteiger partial charge in [-0.25, -0.2) is 9.59 Å². The zero-order valence-corrected chi connectivity index (χ0v) is 27.7. The number of ether oxygens (including phenoxy) is 2. The molecular weight excluding hydrogens is 578 g/mol. The van der Waals surface area contributed by atoms with Gasteiger partial charge in [0.2, 0.25) is 11.8 Å². The smallest absolute Gasteiger partial charge is 0.408 e. The number of rotatable bonds is 13. The predicted octanol–water partition coefficient (Wildman–Crippen LogP) is 5.43. The molecular formula is C34H47N3O6S. The van der Waals surface area contributed by atoms with Crippen molar-refractivity contribution in [2.45, 2.75) is 103 Å². The van der Waals surface area contributed by atoms with Gasteiger partial charge in [-0.2, -0.15) is 11.8 Å². The average molecular weight is 626 g/mol. The van der Waals surface area contributed by atoms with Crippen LogP contribution in [-0.2, 0) is 30.3 Å². The summed E-state index contributed by atoms with van der Waals surface area (Å²) in [5.74, 6) is -0.808. The molecule has 0 radical (unpaired) electrons. The lowest BCUT2D eigenvalue weighted by Crippen LogP contribution is -2.55. The van der Waals surface area contributed by atoms with Crippen molar-refractivity contribution >= 4 is 35.6 Å². The SMILES string of the molecule is CSCCC(NC(=O)OC(C)(C)C)C(=O)N(C1CC1)C(C(=O)NC(Cc1ccccc1)C(=O)OC(C)(C)C)c1ccccc1. The van der Waals surface area contributed by atoms with E-state index in [0.29, 0.717) is 17.7 Å². The monoisotopic (exact) mass is 625 g/mol. The number of nitrogens with one attached hydrogen (secondary N) is 2. The minimum absolute atomic E-state index is 0.190. The van der Waals surface area contributed by atoms with Crippen molar-refractivity contribution in [3.05, 3.63) is 71.8 Å². The first-order valence-corrected chi connectivity index (χ1v) is 16.5. The summed E-state index contributed by atoms with van der Waals surface area (Å²) in [5.41, 5.74) is -0.0406. The minimum atomic E-state index is -1.03. The predicted molar refractivity (Wildman–Crippen MR) is 173 cm³/mol. The maximum atomic E-state index is 14.3. The summed E-state index contributed by atoms with van der Waals surface area (Å²) in [6.45, 7) is 10.6. The van der Waals surface area contributed by atoms with E-state index >= 15 is 0 Å². The van der Waals surface area contributed by atoms with Gasteiger partial charge in [-0.1, -0.05) is 60.7 Å². The Morgan fingerprint density at radius 3 is 1.93 bits per heavy atom. The molecule has 0 aliphatic heterocycles. The molecule has 1 aliphatic carbocycles. The molecule has 3 atom stereocenters. The third-order valence-electron chi connectivity index (χ3n) is 6.73. The zero-order valence-electron chi connectivity index (χ0n) is 26.9. The van der Waals surface area contributed by atoms with Gasteiger partial charge in [-0.15, -0.1) is 0 Å². The van der Waals surface area contributed by atoms with E-state index in [9.17, 15) is 19.2 Å². The summed E-state index contributed by atoms with van der Waals surface area (Å²) in [5, 5.41) is 5.70. The van der Waals surface area contributed by atoms with Gasteiger partial charge in [0.05, 0.1) is 0 Å². The van der Waals surface area contributed by atoms with Crippen LogP contribution in [0.5, 0.6) is 0 Å². The highest BCUT2D eigenvalue weighted by atomic mass is 32.2. The molecule has 1 saturated carbocycles. The van der Waals surface area contributed by atoms with E-state index in [1.54, 1.807) is 70.3 Å². The van der Waals surface area contributed by atoms with Crippen molar-refractivity contribution in [3.63, 3.8) is 0 Å². The number of thioether (sulfide) groups is 1. The van der Waals surface area contributed by atoms with Crippen molar-refractivity contribution in [1.29, 1.82) is 0 Å². The summed E-state index contributed by atoms with van der Waals surface area (Å²) in [6.07, 6.45) is 3.27. The molecule has 0 heterocycles. The molecule has 1 fully saturated rings. The number of benzene rings is 2. The number of carbonyl (C=O) groups is 4. The molecule has 44 heavy (non-hydrogen) atoms. The standard InChI is InChI=1S/C34H47N3O6S/c1-33(2,3)42-31(40)27(22-23-14-10-8-11-15-23)35-29(38)28(24-16-12-9-13-17-24)37(25-18-19-25)30(39)26(20-21-44-7)36-32(41)43-34(4,5)6/h8-17,25-28H,18-22H2,1-7H3,(H,35,38)(H,36,41). The molecule has 0 bridgehead atoms. The van der Waals surface area contributed by atoms with Crippen LogP contribution in [0.2, 0.25) is 0 Å². The molecule has 2 N–H and O–H groups in total. The van der Waals surface area contributed by atoms with Gasteiger partial charge in [-0.3, -0.25) is 9.59 Å². The summed E-state index contributed by atoms with van der Waals surface area (Å²) < 4.78 is 11.2. The van der Waals surface area contributed by atoms with Gasteiger partial charge >= 0.3 is 12.1 Å². The number of nitrogens with zero attached hydrogens (tertiary/aromatic N) is 1. The summed E-state index contributed by atoms with van der Waals surface area (Å²) in [6, 6.07) is 15.3. The highest BCUT2D eigenvalue weighted by molar-refractivity contribution is 7.98. The number of esters is 1. The highest BCUT2D eigenvalue weighted by Crippen LogP contribution is 2.36. The fourth-order valence-corrected chi connectivity index (χ4v) is 5.21. The third kappa shape index (κ3) is 11.2. The van der Waals surface area contributed by atoms with Crippen molar-refractivity contribution < 1.29 is 28.7 Å². The summed E-state index contributed by atoms with van der Waals surface area (Å²) in [7, 11) is 0. The quantitative estimate of drug-likeness (QED) is 0.285. The number of amides is 3. The van der Waals surface area contributed by atoms with Gasteiger partial charge in [0.25, 0.3) is 0 Å². The lowest BCUT2D eigenvalue weighted by molar-refractivity contribution is -0.159. The van der Waals surface area contributed by atoms with Crippen molar-refractivity contribution in [2.24, 2.45) is 0 Å². The molecule has 9 nitrogen and oxygen atoms in total. The van der Waals surface area contributed by atoms with Gasteiger partial charge in [0, 0.05) is 12.5 Å². The number of carbonyl (C=O) groups excluding carboxylic acids is 4. The second kappa shape index (κ2) is 15.5. The molecule has 0 spiro atoms. The van der Waals surface area contributed by atoms with E-state index in [-0.39, 0.29) is 18.4 Å². The van der Waals surface area contributed by atoms with Gasteiger partial charge < -0.3 is 25.0 Å². The van der Waals surface area contributed by atoms with Gasteiger partial charge in [0.1, 0.15) is 29.3 Å². The van der Waals surface area contributed by atoms with Gasteiger partial charge in [0.15, 0.2) is 0 Å². The van der Waals surface area contributed by atoms with Crippen molar-refractivity contribution in [1.82, 2.24) is 15.5 Å². The summed E-state index contributed by atoms with van der Waals surface area (Å²) >= 11 is 1.56. The lowest BCUT2D eigenvalue weighted by atomic mass is 10.0. The fourth-order valence-electron chi connectivity index (χ4n) is 4.73. The van der Waals surface area contributed by atoms with Crippen LogP contribution in [0.25, 0.3) is 0 Å². The Labute approximate surface area is 265 Å². The van der Waals surface area contributed by atoms with E-state index in [2.05, 4.69) is 10.6 Å². The first-order chi connectivity index (χ1) is 20.7. The van der Waals surface area contributed by atoms with Crippen LogP contribution in [0.3, 0.4) is 0 Å². The van der Waals surface area contributed by atoms with Gasteiger partial charge in [-0.05, 0) is 83.9 Å². The first-order valence-electron chi connectivity index (χ1n) is 15.1. The van der Waals surface area contributed by atoms with E-state index in [1.165, 1.54) is 0 Å². The number of hydrogen-bond acceptors (Lipinski definition) is 7. The fraction of sp³-hybridized carbons (Fsp3) is 0.529. The van der Waals surface area contributed by atoms with Crippen LogP contribution < -0.4 is 10.6 Å². The second-order valence-corrected chi connectivity index (χ2v) is 14.0. The molecule has 0 aromatic heterocycles. The van der Waals surface area contributed by atoms with E-state index < -0.39 is 47.3 Å².